The molecular weight excluding hydrogens is 282 g/mol. The summed E-state index contributed by atoms with van der Waals surface area (Å²) in [6.45, 7) is 5.58. The van der Waals surface area contributed by atoms with Crippen molar-refractivity contribution in [3.63, 3.8) is 0 Å². The van der Waals surface area contributed by atoms with Crippen LogP contribution in [-0.4, -0.2) is 36.7 Å². The van der Waals surface area contributed by atoms with Gasteiger partial charge in [-0.1, -0.05) is 44.2 Å². The van der Waals surface area contributed by atoms with Crippen LogP contribution in [0.15, 0.2) is 30.3 Å². The van der Waals surface area contributed by atoms with E-state index in [1.54, 1.807) is 4.90 Å². The van der Waals surface area contributed by atoms with E-state index in [1.165, 1.54) is 0 Å². The molecule has 5 heteroatoms. The van der Waals surface area contributed by atoms with Gasteiger partial charge in [-0.05, 0) is 17.9 Å². The van der Waals surface area contributed by atoms with E-state index in [4.69, 9.17) is 9.47 Å². The van der Waals surface area contributed by atoms with Crippen LogP contribution in [0.1, 0.15) is 25.8 Å². The Kier molecular flexibility index (Phi) is 5.81. The summed E-state index contributed by atoms with van der Waals surface area (Å²) in [6.07, 6.45) is 0.264. The Bertz CT molecular complexity index is 501. The average molecular weight is 305 g/mol. The topological polar surface area (TPSA) is 55.8 Å². The third kappa shape index (κ3) is 4.76. The Hall–Kier alpha value is -2.04. The quantitative estimate of drug-likeness (QED) is 0.785. The summed E-state index contributed by atoms with van der Waals surface area (Å²) >= 11 is 0. The average Bonchev–Trinajstić information content (AvgIpc) is 3.01. The van der Waals surface area contributed by atoms with Crippen molar-refractivity contribution in [1.29, 1.82) is 0 Å². The number of likely N-dealkylation sites (tertiary alicyclic amines) is 1. The minimum absolute atomic E-state index is 0.216. The Morgan fingerprint density at radius 2 is 1.95 bits per heavy atom. The summed E-state index contributed by atoms with van der Waals surface area (Å²) in [5.41, 5.74) is 0.947. The van der Waals surface area contributed by atoms with Gasteiger partial charge in [-0.3, -0.25) is 4.79 Å². The highest BCUT2D eigenvalue weighted by Gasteiger charge is 2.32. The lowest BCUT2D eigenvalue weighted by Crippen LogP contribution is -2.31. The molecule has 1 unspecified atom stereocenters. The second kappa shape index (κ2) is 7.82. The van der Waals surface area contributed by atoms with E-state index in [1.807, 2.05) is 44.2 Å². The van der Waals surface area contributed by atoms with Gasteiger partial charge in [0.2, 0.25) is 0 Å². The molecule has 1 aromatic carbocycles. The van der Waals surface area contributed by atoms with Gasteiger partial charge in [0.05, 0.1) is 12.5 Å². The molecule has 0 spiro atoms. The van der Waals surface area contributed by atoms with Crippen LogP contribution < -0.4 is 0 Å². The monoisotopic (exact) mass is 305 g/mol. The largest absolute Gasteiger partial charge is 0.465 e. The first-order valence-corrected chi connectivity index (χ1v) is 7.68. The van der Waals surface area contributed by atoms with Gasteiger partial charge >= 0.3 is 12.1 Å². The van der Waals surface area contributed by atoms with Crippen LogP contribution in [0.25, 0.3) is 0 Å². The summed E-state index contributed by atoms with van der Waals surface area (Å²) in [4.78, 5) is 25.5. The number of esters is 1. The first kappa shape index (κ1) is 16.3. The van der Waals surface area contributed by atoms with E-state index in [2.05, 4.69) is 0 Å². The molecule has 1 fully saturated rings. The molecule has 1 heterocycles. The second-order valence-corrected chi connectivity index (χ2v) is 6.00. The number of carbonyl (C=O) groups excluding carboxylic acids is 2. The van der Waals surface area contributed by atoms with E-state index in [9.17, 15) is 9.59 Å². The first-order valence-electron chi connectivity index (χ1n) is 7.68. The number of hydrogen-bond donors (Lipinski definition) is 0. The fourth-order valence-electron chi connectivity index (χ4n) is 2.30. The molecule has 0 aromatic heterocycles. The Labute approximate surface area is 131 Å². The van der Waals surface area contributed by atoms with Gasteiger partial charge in [0.1, 0.15) is 6.61 Å². The Morgan fingerprint density at radius 3 is 2.64 bits per heavy atom. The third-order valence-electron chi connectivity index (χ3n) is 3.54. The van der Waals surface area contributed by atoms with Crippen LogP contribution in [0.4, 0.5) is 4.79 Å². The maximum Gasteiger partial charge on any atom is 0.410 e. The van der Waals surface area contributed by atoms with Gasteiger partial charge in [0, 0.05) is 13.1 Å². The lowest BCUT2D eigenvalue weighted by molar-refractivity contribution is -0.149. The molecule has 1 amide bonds. The molecule has 1 aliphatic heterocycles. The molecule has 22 heavy (non-hydrogen) atoms. The molecule has 1 saturated heterocycles. The van der Waals surface area contributed by atoms with E-state index in [-0.39, 0.29) is 24.6 Å². The molecule has 0 radical (unpaired) electrons. The molecule has 5 nitrogen and oxygen atoms in total. The van der Waals surface area contributed by atoms with Crippen molar-refractivity contribution in [2.75, 3.05) is 19.7 Å². The van der Waals surface area contributed by atoms with Crippen molar-refractivity contribution in [3.8, 4) is 0 Å². The molecule has 1 atom stereocenters. The molecule has 2 rings (SSSR count). The molecule has 120 valence electrons. The normalized spacial score (nSPS) is 17.6. The predicted octanol–water partition coefficient (Wildman–Crippen LogP) is 2.84. The summed E-state index contributed by atoms with van der Waals surface area (Å²) in [6, 6.07) is 9.53. The second-order valence-electron chi connectivity index (χ2n) is 6.00. The van der Waals surface area contributed by atoms with Crippen LogP contribution in [0.2, 0.25) is 0 Å². The minimum Gasteiger partial charge on any atom is -0.465 e. The summed E-state index contributed by atoms with van der Waals surface area (Å²) in [5.74, 6) is -0.132. The fraction of sp³-hybridized carbons (Fsp3) is 0.529. The van der Waals surface area contributed by atoms with Crippen molar-refractivity contribution in [3.05, 3.63) is 35.9 Å². The fourth-order valence-corrected chi connectivity index (χ4v) is 2.30. The van der Waals surface area contributed by atoms with Crippen molar-refractivity contribution in [2.45, 2.75) is 26.9 Å². The molecule has 0 N–H and O–H groups in total. The zero-order valence-electron chi connectivity index (χ0n) is 13.2. The van der Waals surface area contributed by atoms with Crippen molar-refractivity contribution in [2.24, 2.45) is 11.8 Å². The highest BCUT2D eigenvalue weighted by atomic mass is 16.6. The number of hydrogen-bond acceptors (Lipinski definition) is 4. The summed E-state index contributed by atoms with van der Waals surface area (Å²) < 4.78 is 10.5. The van der Waals surface area contributed by atoms with Gasteiger partial charge in [-0.2, -0.15) is 0 Å². The zero-order chi connectivity index (χ0) is 15.9. The van der Waals surface area contributed by atoms with Crippen molar-refractivity contribution < 1.29 is 19.1 Å². The predicted molar refractivity (Wildman–Crippen MR) is 82.1 cm³/mol. The lowest BCUT2D eigenvalue weighted by atomic mass is 10.1. The van der Waals surface area contributed by atoms with E-state index in [0.29, 0.717) is 32.0 Å². The van der Waals surface area contributed by atoms with Gasteiger partial charge < -0.3 is 14.4 Å². The van der Waals surface area contributed by atoms with Gasteiger partial charge in [0.25, 0.3) is 0 Å². The Morgan fingerprint density at radius 1 is 1.23 bits per heavy atom. The maximum atomic E-state index is 12.0. The van der Waals surface area contributed by atoms with Gasteiger partial charge in [-0.25, -0.2) is 4.79 Å². The first-order chi connectivity index (χ1) is 10.6. The zero-order valence-corrected chi connectivity index (χ0v) is 13.2. The molecule has 0 aliphatic carbocycles. The number of carbonyl (C=O) groups is 2. The van der Waals surface area contributed by atoms with Gasteiger partial charge in [-0.15, -0.1) is 0 Å². The smallest absolute Gasteiger partial charge is 0.410 e. The minimum atomic E-state index is -0.372. The molecular formula is C17H23NO4. The maximum absolute atomic E-state index is 12.0. The van der Waals surface area contributed by atoms with Crippen LogP contribution in [0, 0.1) is 11.8 Å². The van der Waals surface area contributed by atoms with E-state index >= 15 is 0 Å². The highest BCUT2D eigenvalue weighted by Crippen LogP contribution is 2.19. The lowest BCUT2D eigenvalue weighted by Gasteiger charge is -2.16. The number of ether oxygens (including phenoxy) is 2. The Balaban J connectivity index is 1.75. The standard InChI is InChI=1S/C17H23NO4/c1-13(2)11-21-16(19)15-8-9-18(10-15)17(20)22-12-14-6-4-3-5-7-14/h3-7,13,15H,8-12H2,1-2H3. The van der Waals surface area contributed by atoms with Gasteiger partial charge in [0.15, 0.2) is 0 Å². The van der Waals surface area contributed by atoms with Crippen molar-refractivity contribution in [1.82, 2.24) is 4.90 Å². The number of amides is 1. The SMILES string of the molecule is CC(C)COC(=O)C1CCN(C(=O)OCc2ccccc2)C1. The summed E-state index contributed by atoms with van der Waals surface area (Å²) in [5, 5.41) is 0. The van der Waals surface area contributed by atoms with E-state index < -0.39 is 0 Å². The van der Waals surface area contributed by atoms with Crippen LogP contribution in [0.5, 0.6) is 0 Å². The molecule has 1 aromatic rings. The van der Waals surface area contributed by atoms with Crippen LogP contribution >= 0.6 is 0 Å². The number of nitrogens with zero attached hydrogens (tertiary/aromatic N) is 1. The molecule has 0 saturated carbocycles. The number of rotatable bonds is 5. The highest BCUT2D eigenvalue weighted by molar-refractivity contribution is 5.75. The third-order valence-corrected chi connectivity index (χ3v) is 3.54. The number of benzene rings is 1. The van der Waals surface area contributed by atoms with E-state index in [0.717, 1.165) is 5.56 Å². The van der Waals surface area contributed by atoms with Crippen LogP contribution in [-0.2, 0) is 20.9 Å². The van der Waals surface area contributed by atoms with Crippen LogP contribution in [0.3, 0.4) is 0 Å². The molecule has 1 aliphatic rings. The van der Waals surface area contributed by atoms with Crippen molar-refractivity contribution >= 4 is 12.1 Å². The molecule has 0 bridgehead atoms. The summed E-state index contributed by atoms with van der Waals surface area (Å²) in [7, 11) is 0.